The van der Waals surface area contributed by atoms with Gasteiger partial charge in [0.2, 0.25) is 5.91 Å². The van der Waals surface area contributed by atoms with E-state index in [9.17, 15) is 32.7 Å². The highest BCUT2D eigenvalue weighted by molar-refractivity contribution is 7.10. The molecule has 2 heterocycles. The minimum Gasteiger partial charge on any atom is -0.480 e. The van der Waals surface area contributed by atoms with E-state index in [1.165, 1.54) is 0 Å². The van der Waals surface area contributed by atoms with Crippen LogP contribution in [0, 0.1) is 5.41 Å². The molecule has 3 aromatic rings. The van der Waals surface area contributed by atoms with Crippen LogP contribution < -0.4 is 21.7 Å². The molecule has 12 nitrogen and oxygen atoms in total. The van der Waals surface area contributed by atoms with E-state index < -0.39 is 54.6 Å². The molecule has 1 saturated heterocycles. The molecule has 8 N–H and O–H groups in total. The minimum absolute atomic E-state index is 0.225. The smallest absolute Gasteiger partial charge is 0.480 e. The van der Waals surface area contributed by atoms with Crippen LogP contribution in [0.3, 0.4) is 0 Å². The summed E-state index contributed by atoms with van der Waals surface area (Å²) in [5.74, 6) is -5.43. The lowest BCUT2D eigenvalue weighted by Gasteiger charge is -2.29. The van der Waals surface area contributed by atoms with E-state index in [0.717, 1.165) is 28.9 Å². The van der Waals surface area contributed by atoms with E-state index in [4.69, 9.17) is 21.0 Å². The van der Waals surface area contributed by atoms with Crippen LogP contribution in [0.15, 0.2) is 66.0 Å². The average Bonchev–Trinajstić information content (AvgIpc) is 3.72. The number of ketones is 1. The predicted octanol–water partition coefficient (Wildman–Crippen LogP) is 2.41. The molecule has 3 atom stereocenters. The van der Waals surface area contributed by atoms with Crippen molar-refractivity contribution in [1.29, 1.82) is 5.41 Å². The number of Topliss-reactive ketones (excluding diaryl/α,β-unsaturated/α-hetero) is 1. The van der Waals surface area contributed by atoms with Crippen LogP contribution in [-0.4, -0.2) is 76.0 Å². The molecule has 4 rings (SSSR count). The highest BCUT2D eigenvalue weighted by Gasteiger charge is 2.39. The van der Waals surface area contributed by atoms with Crippen molar-refractivity contribution < 1.29 is 42.6 Å². The van der Waals surface area contributed by atoms with Gasteiger partial charge in [0.25, 0.3) is 0 Å². The third-order valence-electron chi connectivity index (χ3n) is 6.67. The number of nitrogens with one attached hydrogen (secondary N) is 4. The van der Waals surface area contributed by atoms with Crippen LogP contribution in [0.25, 0.3) is 0 Å². The second-order valence-electron chi connectivity index (χ2n) is 9.83. The lowest BCUT2D eigenvalue weighted by molar-refractivity contribution is -0.192. The van der Waals surface area contributed by atoms with Gasteiger partial charge in [0.05, 0.1) is 18.6 Å². The van der Waals surface area contributed by atoms with Gasteiger partial charge >= 0.3 is 18.1 Å². The van der Waals surface area contributed by atoms with Gasteiger partial charge < -0.3 is 26.6 Å². The fourth-order valence-corrected chi connectivity index (χ4v) is 5.49. The van der Waals surface area contributed by atoms with Gasteiger partial charge in [0.1, 0.15) is 22.6 Å². The number of halogens is 3. The molecule has 16 heteroatoms. The van der Waals surface area contributed by atoms with Gasteiger partial charge in [-0.2, -0.15) is 13.2 Å². The SMILES string of the molecule is N=C(N)c1csc(C(NC(=O)[C@H](NCC(=O)O)C(c2ccccc2)c2ccccc2)C(=O)[C@@H]2CCCN2)n1.O=C(O)C(F)(F)F. The second kappa shape index (κ2) is 15.9. The highest BCUT2D eigenvalue weighted by atomic mass is 32.1. The van der Waals surface area contributed by atoms with Gasteiger partial charge in [-0.1, -0.05) is 60.7 Å². The summed E-state index contributed by atoms with van der Waals surface area (Å²) in [5.41, 5.74) is 7.43. The van der Waals surface area contributed by atoms with Crippen LogP contribution in [0.1, 0.15) is 46.6 Å². The number of thiazole rings is 1. The van der Waals surface area contributed by atoms with E-state index in [1.54, 1.807) is 5.38 Å². The van der Waals surface area contributed by atoms with Crippen LogP contribution in [0.2, 0.25) is 0 Å². The Labute approximate surface area is 259 Å². The maximum absolute atomic E-state index is 14.0. The number of aromatic nitrogens is 1. The van der Waals surface area contributed by atoms with Crippen LogP contribution in [0.5, 0.6) is 0 Å². The number of nitrogens with two attached hydrogens (primary N) is 1. The molecule has 240 valence electrons. The van der Waals surface area contributed by atoms with Crippen molar-refractivity contribution in [2.45, 2.75) is 43.1 Å². The lowest BCUT2D eigenvalue weighted by atomic mass is 9.84. The molecule has 1 fully saturated rings. The molecule has 45 heavy (non-hydrogen) atoms. The number of aliphatic carboxylic acids is 2. The number of nitrogens with zero attached hydrogens (tertiary/aromatic N) is 1. The summed E-state index contributed by atoms with van der Waals surface area (Å²) in [4.78, 5) is 52.3. The first-order valence-corrected chi connectivity index (χ1v) is 14.4. The number of hydrogen-bond donors (Lipinski definition) is 7. The Bertz CT molecular complexity index is 1440. The molecule has 0 spiro atoms. The zero-order chi connectivity index (χ0) is 33.1. The number of carbonyl (C=O) groups excluding carboxylic acids is 2. The first-order chi connectivity index (χ1) is 21.3. The number of carboxylic acid groups (broad SMARTS) is 2. The van der Waals surface area contributed by atoms with Gasteiger partial charge in [-0.15, -0.1) is 11.3 Å². The van der Waals surface area contributed by atoms with Crippen LogP contribution in [-0.2, 0) is 19.2 Å². The number of alkyl halides is 3. The van der Waals surface area contributed by atoms with Crippen LogP contribution in [0.4, 0.5) is 13.2 Å². The highest BCUT2D eigenvalue weighted by Crippen LogP contribution is 2.30. The van der Waals surface area contributed by atoms with E-state index in [-0.39, 0.29) is 17.3 Å². The van der Waals surface area contributed by atoms with E-state index >= 15 is 0 Å². The Hall–Kier alpha value is -4.67. The third kappa shape index (κ3) is 9.92. The summed E-state index contributed by atoms with van der Waals surface area (Å²) in [6.07, 6.45) is -3.62. The number of rotatable bonds is 12. The van der Waals surface area contributed by atoms with Crippen molar-refractivity contribution in [1.82, 2.24) is 20.9 Å². The Balaban J connectivity index is 0.000000707. The topological polar surface area (TPSA) is 208 Å². The number of benzene rings is 2. The van der Waals surface area contributed by atoms with Crippen molar-refractivity contribution in [3.05, 3.63) is 87.9 Å². The average molecular weight is 649 g/mol. The van der Waals surface area contributed by atoms with Gasteiger partial charge in [-0.25, -0.2) is 9.78 Å². The van der Waals surface area contributed by atoms with Gasteiger partial charge in [-0.3, -0.25) is 25.1 Å². The minimum atomic E-state index is -5.08. The Kier molecular flexibility index (Phi) is 12.3. The maximum atomic E-state index is 14.0. The Morgan fingerprint density at radius 2 is 1.60 bits per heavy atom. The van der Waals surface area contributed by atoms with E-state index in [2.05, 4.69) is 20.9 Å². The Morgan fingerprint density at radius 1 is 1.04 bits per heavy atom. The lowest BCUT2D eigenvalue weighted by Crippen LogP contribution is -2.52. The van der Waals surface area contributed by atoms with Crippen LogP contribution >= 0.6 is 11.3 Å². The summed E-state index contributed by atoms with van der Waals surface area (Å²) in [7, 11) is 0. The van der Waals surface area contributed by atoms with Crippen molar-refractivity contribution in [2.75, 3.05) is 13.1 Å². The summed E-state index contributed by atoms with van der Waals surface area (Å²) in [6.45, 7) is 0.239. The molecular formula is C29H31F3N6O6S. The quantitative estimate of drug-likeness (QED) is 0.113. The summed E-state index contributed by atoms with van der Waals surface area (Å²) >= 11 is 1.14. The predicted molar refractivity (Wildman–Crippen MR) is 158 cm³/mol. The third-order valence-corrected chi connectivity index (χ3v) is 7.58. The molecule has 0 bridgehead atoms. The number of amides is 1. The molecule has 2 aromatic carbocycles. The van der Waals surface area contributed by atoms with E-state index in [1.807, 2.05) is 60.7 Å². The molecule has 0 radical (unpaired) electrons. The number of carboxylic acids is 2. The van der Waals surface area contributed by atoms with Gasteiger partial charge in [0, 0.05) is 11.3 Å². The van der Waals surface area contributed by atoms with Crippen molar-refractivity contribution in [3.8, 4) is 0 Å². The monoisotopic (exact) mass is 648 g/mol. The summed E-state index contributed by atoms with van der Waals surface area (Å²) in [6, 6.07) is 16.1. The molecular weight excluding hydrogens is 617 g/mol. The largest absolute Gasteiger partial charge is 0.490 e. The zero-order valence-electron chi connectivity index (χ0n) is 23.6. The normalized spacial score (nSPS) is 15.8. The number of hydrogen-bond acceptors (Lipinski definition) is 9. The fourth-order valence-electron chi connectivity index (χ4n) is 4.62. The van der Waals surface area contributed by atoms with Gasteiger partial charge in [-0.05, 0) is 30.5 Å². The van der Waals surface area contributed by atoms with E-state index in [0.29, 0.717) is 18.0 Å². The van der Waals surface area contributed by atoms with Crippen molar-refractivity contribution >= 4 is 40.8 Å². The van der Waals surface area contributed by atoms with Gasteiger partial charge in [0.15, 0.2) is 5.78 Å². The molecule has 1 amide bonds. The fraction of sp³-hybridized carbons (Fsp3) is 0.310. The first kappa shape index (κ1) is 34.8. The summed E-state index contributed by atoms with van der Waals surface area (Å²) < 4.78 is 31.7. The van der Waals surface area contributed by atoms with Crippen molar-refractivity contribution in [2.24, 2.45) is 5.73 Å². The first-order valence-electron chi connectivity index (χ1n) is 13.5. The molecule has 1 aliphatic heterocycles. The molecule has 1 unspecified atom stereocenters. The molecule has 0 saturated carbocycles. The number of amidine groups is 1. The number of nitrogen functional groups attached to an aromatic ring is 1. The molecule has 1 aliphatic rings. The summed E-state index contributed by atoms with van der Waals surface area (Å²) in [5, 5.41) is 35.0. The Morgan fingerprint density at radius 3 is 2.02 bits per heavy atom. The standard InChI is InChI=1S/C27H30N6O4S.C2HF3O2/c28-25(29)19-15-38-27(32-19)23(24(36)18-12-7-13-30-18)33-26(37)22(31-14-20(34)35)21(16-8-3-1-4-9-16)17-10-5-2-6-11-17;3-2(4,5)1(6)7/h1-6,8-11,15,18,21-23,30-31H,7,12-14H2,(H3,28,29)(H,33,37)(H,34,35);(H,6,7)/t18-,22+,23?;/m0./s1. The molecule has 0 aliphatic carbocycles. The second-order valence-corrected chi connectivity index (χ2v) is 10.7. The maximum Gasteiger partial charge on any atom is 0.490 e. The zero-order valence-corrected chi connectivity index (χ0v) is 24.4. The van der Waals surface area contributed by atoms with Crippen molar-refractivity contribution in [3.63, 3.8) is 0 Å². The molecule has 1 aromatic heterocycles. The number of carbonyl (C=O) groups is 4.